The topological polar surface area (TPSA) is 38.1 Å². The van der Waals surface area contributed by atoms with Gasteiger partial charge >= 0.3 is 0 Å². The lowest BCUT2D eigenvalue weighted by Crippen LogP contribution is -2.19. The lowest BCUT2D eigenvalue weighted by atomic mass is 10.1. The number of aromatic nitrogens is 1. The van der Waals surface area contributed by atoms with Gasteiger partial charge in [-0.25, -0.2) is 9.37 Å². The number of nitrogens with zero attached hydrogens (tertiary/aromatic N) is 1. The molecule has 1 unspecified atom stereocenters. The molecule has 2 rings (SSSR count). The van der Waals surface area contributed by atoms with Gasteiger partial charge in [-0.3, -0.25) is 0 Å². The Bertz CT molecular complexity index is 542. The summed E-state index contributed by atoms with van der Waals surface area (Å²) in [6, 6.07) is 4.94. The minimum absolute atomic E-state index is 0.106. The Hall–Kier alpha value is -1.20. The Morgan fingerprint density at radius 1 is 1.50 bits per heavy atom. The summed E-state index contributed by atoms with van der Waals surface area (Å²) in [6.07, 6.45) is 1.67. The molecule has 1 N–H and O–H groups in total. The number of nitrogens with one attached hydrogen (secondary N) is 1. The Kier molecular flexibility index (Phi) is 4.14. The zero-order valence-electron chi connectivity index (χ0n) is 10.2. The van der Waals surface area contributed by atoms with Crippen LogP contribution in [0.25, 0.3) is 0 Å². The summed E-state index contributed by atoms with van der Waals surface area (Å²) in [7, 11) is 0. The van der Waals surface area contributed by atoms with Crippen molar-refractivity contribution in [2.75, 3.05) is 0 Å². The number of oxazole rings is 1. The van der Waals surface area contributed by atoms with Gasteiger partial charge in [0.25, 0.3) is 0 Å². The van der Waals surface area contributed by atoms with Crippen molar-refractivity contribution in [3.8, 4) is 0 Å². The van der Waals surface area contributed by atoms with Crippen LogP contribution in [0.1, 0.15) is 30.2 Å². The monoisotopic (exact) mass is 312 g/mol. The molecule has 3 nitrogen and oxygen atoms in total. The summed E-state index contributed by atoms with van der Waals surface area (Å²) in [4.78, 5) is 4.09. The van der Waals surface area contributed by atoms with Crippen LogP contribution in [0.15, 0.2) is 33.3 Å². The second-order valence-corrected chi connectivity index (χ2v) is 5.05. The fourth-order valence-electron chi connectivity index (χ4n) is 1.69. The molecule has 96 valence electrons. The smallest absolute Gasteiger partial charge is 0.208 e. The zero-order chi connectivity index (χ0) is 13.1. The fraction of sp³-hybridized carbons (Fsp3) is 0.308. The molecular formula is C13H14BrFN2O. The minimum Gasteiger partial charge on any atom is -0.445 e. The summed E-state index contributed by atoms with van der Waals surface area (Å²) in [6.45, 7) is 4.22. The molecule has 0 amide bonds. The van der Waals surface area contributed by atoms with E-state index in [9.17, 15) is 4.39 Å². The molecule has 1 heterocycles. The maximum atomic E-state index is 13.7. The SMILES string of the molecule is Cc1cnc(CNC(C)c2ccc(Br)cc2F)o1. The largest absolute Gasteiger partial charge is 0.445 e. The zero-order valence-corrected chi connectivity index (χ0v) is 11.8. The van der Waals surface area contributed by atoms with E-state index in [4.69, 9.17) is 4.42 Å². The van der Waals surface area contributed by atoms with Crippen molar-refractivity contribution in [1.29, 1.82) is 0 Å². The second-order valence-electron chi connectivity index (χ2n) is 4.13. The molecule has 0 saturated carbocycles. The molecule has 0 aliphatic rings. The molecule has 0 fully saturated rings. The highest BCUT2D eigenvalue weighted by Crippen LogP contribution is 2.21. The third-order valence-corrected chi connectivity index (χ3v) is 3.15. The first-order valence-electron chi connectivity index (χ1n) is 5.66. The predicted octanol–water partition coefficient (Wildman–Crippen LogP) is 3.74. The highest BCUT2D eigenvalue weighted by atomic mass is 79.9. The molecule has 2 aromatic rings. The van der Waals surface area contributed by atoms with Gasteiger partial charge in [-0.1, -0.05) is 22.0 Å². The molecule has 0 radical (unpaired) electrons. The van der Waals surface area contributed by atoms with Gasteiger partial charge < -0.3 is 9.73 Å². The number of benzene rings is 1. The normalized spacial score (nSPS) is 12.7. The van der Waals surface area contributed by atoms with E-state index in [2.05, 4.69) is 26.2 Å². The summed E-state index contributed by atoms with van der Waals surface area (Å²) in [5.41, 5.74) is 0.626. The third kappa shape index (κ3) is 3.17. The van der Waals surface area contributed by atoms with E-state index < -0.39 is 0 Å². The van der Waals surface area contributed by atoms with Crippen LogP contribution in [-0.4, -0.2) is 4.98 Å². The van der Waals surface area contributed by atoms with Crippen LogP contribution in [0, 0.1) is 12.7 Å². The molecular weight excluding hydrogens is 299 g/mol. The van der Waals surface area contributed by atoms with Crippen LogP contribution in [0.5, 0.6) is 0 Å². The van der Waals surface area contributed by atoms with Crippen LogP contribution >= 0.6 is 15.9 Å². The Labute approximate surface area is 114 Å². The lowest BCUT2D eigenvalue weighted by molar-refractivity contribution is 0.427. The molecule has 1 aromatic carbocycles. The molecule has 0 saturated heterocycles. The molecule has 0 bridgehead atoms. The molecule has 0 spiro atoms. The van der Waals surface area contributed by atoms with Crippen LogP contribution in [0.2, 0.25) is 0 Å². The van der Waals surface area contributed by atoms with Gasteiger partial charge in [-0.15, -0.1) is 0 Å². The summed E-state index contributed by atoms with van der Waals surface area (Å²) in [5, 5.41) is 3.18. The van der Waals surface area contributed by atoms with Crippen molar-refractivity contribution in [1.82, 2.24) is 10.3 Å². The third-order valence-electron chi connectivity index (χ3n) is 2.66. The van der Waals surface area contributed by atoms with Crippen molar-refractivity contribution in [2.45, 2.75) is 26.4 Å². The number of rotatable bonds is 4. The first kappa shape index (κ1) is 13.2. The van der Waals surface area contributed by atoms with Gasteiger partial charge in [-0.2, -0.15) is 0 Å². The average Bonchev–Trinajstić information content (AvgIpc) is 2.72. The average molecular weight is 313 g/mol. The van der Waals surface area contributed by atoms with Gasteiger partial charge in [0, 0.05) is 16.1 Å². The van der Waals surface area contributed by atoms with E-state index >= 15 is 0 Å². The highest BCUT2D eigenvalue weighted by molar-refractivity contribution is 9.10. The predicted molar refractivity (Wildman–Crippen MR) is 70.6 cm³/mol. The molecule has 0 aliphatic heterocycles. The summed E-state index contributed by atoms with van der Waals surface area (Å²) >= 11 is 3.24. The first-order valence-corrected chi connectivity index (χ1v) is 6.45. The number of halogens is 2. The highest BCUT2D eigenvalue weighted by Gasteiger charge is 2.11. The van der Waals surface area contributed by atoms with E-state index in [0.29, 0.717) is 18.0 Å². The number of hydrogen-bond donors (Lipinski definition) is 1. The van der Waals surface area contributed by atoms with E-state index in [1.807, 2.05) is 19.9 Å². The standard InChI is InChI=1S/C13H14BrFN2O/c1-8-6-17-13(18-8)7-16-9(2)11-4-3-10(14)5-12(11)15/h3-6,9,16H,7H2,1-2H3. The summed E-state index contributed by atoms with van der Waals surface area (Å²) < 4.78 is 19.8. The first-order chi connectivity index (χ1) is 8.56. The van der Waals surface area contributed by atoms with E-state index in [-0.39, 0.29) is 11.9 Å². The molecule has 1 aromatic heterocycles. The van der Waals surface area contributed by atoms with E-state index in [1.165, 1.54) is 6.07 Å². The maximum Gasteiger partial charge on any atom is 0.208 e. The number of aryl methyl sites for hydroxylation is 1. The lowest BCUT2D eigenvalue weighted by Gasteiger charge is -2.14. The van der Waals surface area contributed by atoms with E-state index in [0.717, 1.165) is 10.2 Å². The Morgan fingerprint density at radius 2 is 2.28 bits per heavy atom. The van der Waals surface area contributed by atoms with Crippen molar-refractivity contribution < 1.29 is 8.81 Å². The fourth-order valence-corrected chi connectivity index (χ4v) is 2.02. The van der Waals surface area contributed by atoms with Crippen molar-refractivity contribution in [3.63, 3.8) is 0 Å². The Balaban J connectivity index is 2.01. The minimum atomic E-state index is -0.229. The Morgan fingerprint density at radius 3 is 2.89 bits per heavy atom. The molecule has 18 heavy (non-hydrogen) atoms. The van der Waals surface area contributed by atoms with E-state index in [1.54, 1.807) is 12.3 Å². The van der Waals surface area contributed by atoms with Gasteiger partial charge in [-0.05, 0) is 26.0 Å². The maximum absolute atomic E-state index is 13.7. The van der Waals surface area contributed by atoms with Gasteiger partial charge in [0.15, 0.2) is 0 Å². The summed E-state index contributed by atoms with van der Waals surface area (Å²) in [5.74, 6) is 1.15. The van der Waals surface area contributed by atoms with Crippen molar-refractivity contribution in [3.05, 3.63) is 51.9 Å². The van der Waals surface area contributed by atoms with Crippen LogP contribution in [0.4, 0.5) is 4.39 Å². The van der Waals surface area contributed by atoms with Crippen LogP contribution in [0.3, 0.4) is 0 Å². The number of hydrogen-bond acceptors (Lipinski definition) is 3. The van der Waals surface area contributed by atoms with Gasteiger partial charge in [0.05, 0.1) is 12.7 Å². The van der Waals surface area contributed by atoms with Crippen molar-refractivity contribution >= 4 is 15.9 Å². The van der Waals surface area contributed by atoms with Gasteiger partial charge in [0.1, 0.15) is 11.6 Å². The van der Waals surface area contributed by atoms with Gasteiger partial charge in [0.2, 0.25) is 5.89 Å². The molecule has 1 atom stereocenters. The second kappa shape index (κ2) is 5.63. The van der Waals surface area contributed by atoms with Crippen LogP contribution < -0.4 is 5.32 Å². The molecule has 5 heteroatoms. The molecule has 0 aliphatic carbocycles. The van der Waals surface area contributed by atoms with Crippen molar-refractivity contribution in [2.24, 2.45) is 0 Å². The van der Waals surface area contributed by atoms with Crippen LogP contribution in [-0.2, 0) is 6.54 Å². The quantitative estimate of drug-likeness (QED) is 0.934.